The summed E-state index contributed by atoms with van der Waals surface area (Å²) in [6.07, 6.45) is 1.24. The van der Waals surface area contributed by atoms with Gasteiger partial charge in [-0.05, 0) is 12.0 Å². The fourth-order valence-corrected chi connectivity index (χ4v) is 3.23. The van der Waals surface area contributed by atoms with Gasteiger partial charge in [-0.2, -0.15) is 8.42 Å². The van der Waals surface area contributed by atoms with Crippen LogP contribution in [0.15, 0.2) is 24.8 Å². The van der Waals surface area contributed by atoms with Crippen molar-refractivity contribution in [2.75, 3.05) is 6.54 Å². The Balaban J connectivity index is 3.05. The molecule has 0 spiro atoms. The smallest absolute Gasteiger partial charge is 0.293 e. The molecule has 2 unspecified atom stereocenters. The average molecular weight is 316 g/mol. The van der Waals surface area contributed by atoms with Crippen molar-refractivity contribution in [3.63, 3.8) is 0 Å². The van der Waals surface area contributed by atoms with E-state index in [0.717, 1.165) is 6.08 Å². The standard InChI is InChI=1S/C13H20N2O5S/c1-5-13(8(2)3,21(18,19)20)15-12(17)9(4)11-10(16)6-7-14-11/h5,8,11,14H,1,4,6-7H2,2-3H3,(H,15,17)(H,18,19,20). The van der Waals surface area contributed by atoms with Gasteiger partial charge in [-0.15, -0.1) is 0 Å². The Morgan fingerprint density at radius 2 is 2.14 bits per heavy atom. The lowest BCUT2D eigenvalue weighted by atomic mass is 10.0. The van der Waals surface area contributed by atoms with Gasteiger partial charge in [0.2, 0.25) is 5.91 Å². The maximum absolute atomic E-state index is 12.2. The van der Waals surface area contributed by atoms with Crippen molar-refractivity contribution < 1.29 is 22.6 Å². The Bertz CT molecular complexity index is 581. The summed E-state index contributed by atoms with van der Waals surface area (Å²) in [7, 11) is -4.64. The van der Waals surface area contributed by atoms with E-state index in [1.165, 1.54) is 13.8 Å². The molecule has 1 amide bonds. The van der Waals surface area contributed by atoms with Gasteiger partial charge in [0.05, 0.1) is 6.04 Å². The molecule has 21 heavy (non-hydrogen) atoms. The van der Waals surface area contributed by atoms with Gasteiger partial charge in [0, 0.05) is 18.5 Å². The van der Waals surface area contributed by atoms with E-state index in [1.54, 1.807) is 0 Å². The zero-order valence-electron chi connectivity index (χ0n) is 12.0. The molecular weight excluding hydrogens is 296 g/mol. The van der Waals surface area contributed by atoms with Crippen molar-refractivity contribution in [3.05, 3.63) is 24.8 Å². The summed E-state index contributed by atoms with van der Waals surface area (Å²) in [5.74, 6) is -1.68. The second-order valence-electron chi connectivity index (χ2n) is 5.21. The van der Waals surface area contributed by atoms with Crippen LogP contribution >= 0.6 is 0 Å². The first-order valence-corrected chi connectivity index (χ1v) is 7.89. The average Bonchev–Trinajstić information content (AvgIpc) is 2.78. The van der Waals surface area contributed by atoms with Crippen molar-refractivity contribution in [3.8, 4) is 0 Å². The normalized spacial score (nSPS) is 21.9. The fraction of sp³-hybridized carbons (Fsp3) is 0.538. The summed E-state index contributed by atoms with van der Waals surface area (Å²) in [6, 6.07) is -0.832. The van der Waals surface area contributed by atoms with Crippen LogP contribution in [0.3, 0.4) is 0 Å². The Kier molecular flexibility index (Phi) is 5.08. The quantitative estimate of drug-likeness (QED) is 0.362. The van der Waals surface area contributed by atoms with Gasteiger partial charge < -0.3 is 10.6 Å². The summed E-state index contributed by atoms with van der Waals surface area (Å²) in [6.45, 7) is 10.4. The molecule has 0 aliphatic carbocycles. The minimum absolute atomic E-state index is 0.0898. The molecule has 1 aliphatic rings. The second-order valence-corrected chi connectivity index (χ2v) is 6.84. The number of carbonyl (C=O) groups is 2. The number of carbonyl (C=O) groups excluding carboxylic acids is 2. The molecule has 3 N–H and O–H groups in total. The largest absolute Gasteiger partial charge is 0.328 e. The zero-order valence-corrected chi connectivity index (χ0v) is 12.9. The Morgan fingerprint density at radius 3 is 2.48 bits per heavy atom. The van der Waals surface area contributed by atoms with Gasteiger partial charge in [-0.3, -0.25) is 14.1 Å². The highest BCUT2D eigenvalue weighted by Gasteiger charge is 2.45. The number of hydrogen-bond donors (Lipinski definition) is 3. The van der Waals surface area contributed by atoms with E-state index in [9.17, 15) is 22.6 Å². The molecule has 0 aromatic heterocycles. The van der Waals surface area contributed by atoms with Crippen molar-refractivity contribution in [1.82, 2.24) is 10.6 Å². The molecule has 0 bridgehead atoms. The predicted octanol–water partition coefficient (Wildman–Crippen LogP) is 0.0159. The minimum Gasteiger partial charge on any atom is -0.328 e. The van der Waals surface area contributed by atoms with E-state index < -0.39 is 32.9 Å². The van der Waals surface area contributed by atoms with Crippen LogP contribution in [0.1, 0.15) is 20.3 Å². The summed E-state index contributed by atoms with van der Waals surface area (Å²) in [4.78, 5) is 21.7. The van der Waals surface area contributed by atoms with Crippen LogP contribution in [0.4, 0.5) is 0 Å². The van der Waals surface area contributed by atoms with Gasteiger partial charge >= 0.3 is 0 Å². The molecule has 118 valence electrons. The lowest BCUT2D eigenvalue weighted by Crippen LogP contribution is -2.57. The predicted molar refractivity (Wildman–Crippen MR) is 78.0 cm³/mol. The third-order valence-corrected chi connectivity index (χ3v) is 5.17. The van der Waals surface area contributed by atoms with Gasteiger partial charge in [0.1, 0.15) is 0 Å². The van der Waals surface area contributed by atoms with E-state index in [4.69, 9.17) is 0 Å². The van der Waals surface area contributed by atoms with Gasteiger partial charge in [-0.25, -0.2) is 0 Å². The molecule has 0 aromatic carbocycles. The first-order valence-electron chi connectivity index (χ1n) is 6.45. The van der Waals surface area contributed by atoms with E-state index in [1.807, 2.05) is 0 Å². The molecule has 2 atom stereocenters. The van der Waals surface area contributed by atoms with E-state index >= 15 is 0 Å². The third kappa shape index (κ3) is 3.22. The summed E-state index contributed by atoms with van der Waals surface area (Å²) < 4.78 is 32.7. The Hall–Kier alpha value is -1.51. The highest BCUT2D eigenvalue weighted by molar-refractivity contribution is 7.87. The SMILES string of the molecule is C=CC(NC(=O)C(=C)C1NCCC1=O)(C(C)C)S(=O)(=O)O. The zero-order chi connectivity index (χ0) is 16.4. The number of Topliss-reactive ketones (excluding diaryl/α,β-unsaturated/α-hetero) is 1. The number of ketones is 1. The summed E-state index contributed by atoms with van der Waals surface area (Å²) >= 11 is 0. The van der Waals surface area contributed by atoms with Crippen LogP contribution in [0.25, 0.3) is 0 Å². The third-order valence-electron chi connectivity index (χ3n) is 3.58. The molecule has 1 saturated heterocycles. The van der Waals surface area contributed by atoms with Crippen molar-refractivity contribution in [2.45, 2.75) is 31.2 Å². The molecular formula is C13H20N2O5S. The fourth-order valence-electron chi connectivity index (χ4n) is 2.20. The van der Waals surface area contributed by atoms with Crippen LogP contribution in [0.2, 0.25) is 0 Å². The summed E-state index contributed by atoms with van der Waals surface area (Å²) in [5, 5.41) is 5.04. The molecule has 0 radical (unpaired) electrons. The highest BCUT2D eigenvalue weighted by Crippen LogP contribution is 2.25. The molecule has 1 aliphatic heterocycles. The Labute approximate surface area is 124 Å². The maximum atomic E-state index is 12.2. The minimum atomic E-state index is -4.64. The van der Waals surface area contributed by atoms with Gasteiger partial charge in [0.15, 0.2) is 10.7 Å². The highest BCUT2D eigenvalue weighted by atomic mass is 32.2. The monoisotopic (exact) mass is 316 g/mol. The molecule has 7 nitrogen and oxygen atoms in total. The van der Waals surface area contributed by atoms with Crippen LogP contribution in [-0.4, -0.2) is 42.1 Å². The van der Waals surface area contributed by atoms with Crippen LogP contribution < -0.4 is 10.6 Å². The summed E-state index contributed by atoms with van der Waals surface area (Å²) in [5.41, 5.74) is -0.0898. The first-order chi connectivity index (χ1) is 9.56. The van der Waals surface area contributed by atoms with Crippen LogP contribution in [0.5, 0.6) is 0 Å². The molecule has 1 fully saturated rings. The van der Waals surface area contributed by atoms with E-state index in [-0.39, 0.29) is 17.8 Å². The van der Waals surface area contributed by atoms with Gasteiger partial charge in [-0.1, -0.05) is 27.0 Å². The number of amides is 1. The molecule has 1 rings (SSSR count). The maximum Gasteiger partial charge on any atom is 0.293 e. The molecule has 0 saturated carbocycles. The number of hydrogen-bond acceptors (Lipinski definition) is 5. The molecule has 0 aromatic rings. The van der Waals surface area contributed by atoms with E-state index in [0.29, 0.717) is 6.54 Å². The van der Waals surface area contributed by atoms with Crippen molar-refractivity contribution in [2.24, 2.45) is 5.92 Å². The first kappa shape index (κ1) is 17.5. The number of rotatable bonds is 6. The van der Waals surface area contributed by atoms with Crippen molar-refractivity contribution >= 4 is 21.8 Å². The lowest BCUT2D eigenvalue weighted by molar-refractivity contribution is -0.122. The van der Waals surface area contributed by atoms with Crippen LogP contribution in [0, 0.1) is 5.92 Å². The lowest BCUT2D eigenvalue weighted by Gasteiger charge is -2.32. The molecule has 1 heterocycles. The topological polar surface area (TPSA) is 113 Å². The van der Waals surface area contributed by atoms with Crippen molar-refractivity contribution in [1.29, 1.82) is 0 Å². The molecule has 8 heteroatoms. The van der Waals surface area contributed by atoms with Gasteiger partial charge in [0.25, 0.3) is 10.1 Å². The number of nitrogens with one attached hydrogen (secondary N) is 2. The Morgan fingerprint density at radius 1 is 1.57 bits per heavy atom. The second kappa shape index (κ2) is 6.08. The van der Waals surface area contributed by atoms with Crippen LogP contribution in [-0.2, 0) is 19.7 Å². The van der Waals surface area contributed by atoms with E-state index in [2.05, 4.69) is 23.8 Å².